The lowest BCUT2D eigenvalue weighted by Crippen LogP contribution is -2.50. The summed E-state index contributed by atoms with van der Waals surface area (Å²) < 4.78 is 5.28. The van der Waals surface area contributed by atoms with Gasteiger partial charge in [0.15, 0.2) is 0 Å². The standard InChI is InChI=1S/C10H16N2O3/c13-9-4-3-7(6-11-9)12-10(14)8-2-1-5-15-8/h7-8H,1-6H2,(H,11,13)(H,12,14)/t7?,8-/m1/s1. The van der Waals surface area contributed by atoms with Crippen LogP contribution in [0.4, 0.5) is 0 Å². The van der Waals surface area contributed by atoms with Crippen LogP contribution in [0.2, 0.25) is 0 Å². The highest BCUT2D eigenvalue weighted by atomic mass is 16.5. The van der Waals surface area contributed by atoms with Gasteiger partial charge in [0.1, 0.15) is 6.10 Å². The lowest BCUT2D eigenvalue weighted by molar-refractivity contribution is -0.132. The monoisotopic (exact) mass is 212 g/mol. The average molecular weight is 212 g/mol. The fourth-order valence-electron chi connectivity index (χ4n) is 1.93. The minimum atomic E-state index is -0.275. The Hall–Kier alpha value is -1.10. The molecule has 0 saturated carbocycles. The van der Waals surface area contributed by atoms with Crippen molar-refractivity contribution in [1.29, 1.82) is 0 Å². The molecule has 2 rings (SSSR count). The number of carbonyl (C=O) groups is 2. The average Bonchev–Trinajstić information content (AvgIpc) is 2.74. The summed E-state index contributed by atoms with van der Waals surface area (Å²) in [6, 6.07) is 0.0689. The van der Waals surface area contributed by atoms with Crippen molar-refractivity contribution in [3.05, 3.63) is 0 Å². The molecule has 2 aliphatic heterocycles. The molecule has 2 atom stereocenters. The minimum absolute atomic E-state index is 0.0337. The number of amides is 2. The molecule has 5 heteroatoms. The van der Waals surface area contributed by atoms with Crippen LogP contribution < -0.4 is 10.6 Å². The molecular weight excluding hydrogens is 196 g/mol. The molecule has 2 saturated heterocycles. The Morgan fingerprint density at radius 1 is 1.47 bits per heavy atom. The van der Waals surface area contributed by atoms with Gasteiger partial charge in [-0.3, -0.25) is 9.59 Å². The predicted octanol–water partition coefficient (Wildman–Crippen LogP) is -0.440. The highest BCUT2D eigenvalue weighted by Gasteiger charge is 2.27. The summed E-state index contributed by atoms with van der Waals surface area (Å²) in [5, 5.41) is 5.64. The van der Waals surface area contributed by atoms with Gasteiger partial charge in [0.2, 0.25) is 11.8 Å². The van der Waals surface area contributed by atoms with Gasteiger partial charge in [0.25, 0.3) is 0 Å². The maximum absolute atomic E-state index is 11.6. The van der Waals surface area contributed by atoms with E-state index in [1.165, 1.54) is 0 Å². The van der Waals surface area contributed by atoms with E-state index in [2.05, 4.69) is 10.6 Å². The lowest BCUT2D eigenvalue weighted by Gasteiger charge is -2.24. The molecule has 2 amide bonds. The lowest BCUT2D eigenvalue weighted by atomic mass is 10.1. The molecule has 2 N–H and O–H groups in total. The number of ether oxygens (including phenoxy) is 1. The molecule has 84 valence electrons. The third-order valence-electron chi connectivity index (χ3n) is 2.83. The van der Waals surface area contributed by atoms with Gasteiger partial charge in [0.05, 0.1) is 0 Å². The number of hydrogen-bond acceptors (Lipinski definition) is 3. The molecule has 2 heterocycles. The van der Waals surface area contributed by atoms with Crippen molar-refractivity contribution in [3.8, 4) is 0 Å². The number of hydrogen-bond donors (Lipinski definition) is 2. The van der Waals surface area contributed by atoms with Crippen LogP contribution in [0.3, 0.4) is 0 Å². The quantitative estimate of drug-likeness (QED) is 0.652. The number of piperidine rings is 1. The summed E-state index contributed by atoms with van der Waals surface area (Å²) in [6.07, 6.45) is 2.72. The largest absolute Gasteiger partial charge is 0.368 e. The number of nitrogens with one attached hydrogen (secondary N) is 2. The Morgan fingerprint density at radius 2 is 2.33 bits per heavy atom. The normalized spacial score (nSPS) is 31.1. The van der Waals surface area contributed by atoms with Crippen LogP contribution in [-0.4, -0.2) is 37.1 Å². The fourth-order valence-corrected chi connectivity index (χ4v) is 1.93. The van der Waals surface area contributed by atoms with Gasteiger partial charge in [-0.05, 0) is 19.3 Å². The van der Waals surface area contributed by atoms with E-state index in [4.69, 9.17) is 4.74 Å². The fraction of sp³-hybridized carbons (Fsp3) is 0.800. The van der Waals surface area contributed by atoms with Gasteiger partial charge >= 0.3 is 0 Å². The Kier molecular flexibility index (Phi) is 3.20. The summed E-state index contributed by atoms with van der Waals surface area (Å²) in [5.41, 5.74) is 0. The molecule has 0 bridgehead atoms. The predicted molar refractivity (Wildman–Crippen MR) is 53.1 cm³/mol. The van der Waals surface area contributed by atoms with E-state index in [1.54, 1.807) is 0 Å². The Morgan fingerprint density at radius 3 is 2.93 bits per heavy atom. The van der Waals surface area contributed by atoms with E-state index in [1.807, 2.05) is 0 Å². The van der Waals surface area contributed by atoms with Gasteiger partial charge in [-0.2, -0.15) is 0 Å². The third kappa shape index (κ3) is 2.68. The first kappa shape index (κ1) is 10.4. The Bertz CT molecular complexity index is 251. The Balaban J connectivity index is 1.76. The molecule has 0 aromatic heterocycles. The van der Waals surface area contributed by atoms with E-state index in [9.17, 15) is 9.59 Å². The summed E-state index contributed by atoms with van der Waals surface area (Å²) in [6.45, 7) is 1.22. The number of carbonyl (C=O) groups excluding carboxylic acids is 2. The van der Waals surface area contributed by atoms with Gasteiger partial charge in [-0.15, -0.1) is 0 Å². The molecule has 5 nitrogen and oxygen atoms in total. The first-order chi connectivity index (χ1) is 7.25. The summed E-state index contributed by atoms with van der Waals surface area (Å²) in [4.78, 5) is 22.5. The second kappa shape index (κ2) is 4.61. The van der Waals surface area contributed by atoms with Crippen molar-refractivity contribution in [2.24, 2.45) is 0 Å². The van der Waals surface area contributed by atoms with E-state index in [0.29, 0.717) is 19.6 Å². The van der Waals surface area contributed by atoms with Gasteiger partial charge in [-0.25, -0.2) is 0 Å². The van der Waals surface area contributed by atoms with Crippen LogP contribution in [-0.2, 0) is 14.3 Å². The van der Waals surface area contributed by atoms with Gasteiger partial charge < -0.3 is 15.4 Å². The maximum Gasteiger partial charge on any atom is 0.249 e. The first-order valence-corrected chi connectivity index (χ1v) is 5.44. The highest BCUT2D eigenvalue weighted by molar-refractivity contribution is 5.82. The van der Waals surface area contributed by atoms with Crippen LogP contribution in [0.25, 0.3) is 0 Å². The Labute approximate surface area is 88.5 Å². The minimum Gasteiger partial charge on any atom is -0.368 e. The second-order valence-electron chi connectivity index (χ2n) is 4.05. The molecule has 0 radical (unpaired) electrons. The smallest absolute Gasteiger partial charge is 0.249 e. The zero-order chi connectivity index (χ0) is 10.7. The van der Waals surface area contributed by atoms with Crippen molar-refractivity contribution in [3.63, 3.8) is 0 Å². The van der Waals surface area contributed by atoms with E-state index >= 15 is 0 Å². The second-order valence-corrected chi connectivity index (χ2v) is 4.05. The van der Waals surface area contributed by atoms with E-state index in [0.717, 1.165) is 19.3 Å². The van der Waals surface area contributed by atoms with Crippen LogP contribution in [0.15, 0.2) is 0 Å². The molecule has 1 unspecified atom stereocenters. The van der Waals surface area contributed by atoms with E-state index in [-0.39, 0.29) is 24.0 Å². The summed E-state index contributed by atoms with van der Waals surface area (Å²) >= 11 is 0. The van der Waals surface area contributed by atoms with Crippen LogP contribution in [0.5, 0.6) is 0 Å². The molecule has 0 aliphatic carbocycles. The maximum atomic E-state index is 11.6. The summed E-state index contributed by atoms with van der Waals surface area (Å²) in [5.74, 6) is 0.0336. The van der Waals surface area contributed by atoms with Crippen molar-refractivity contribution in [1.82, 2.24) is 10.6 Å². The van der Waals surface area contributed by atoms with E-state index < -0.39 is 0 Å². The third-order valence-corrected chi connectivity index (χ3v) is 2.83. The highest BCUT2D eigenvalue weighted by Crippen LogP contribution is 2.12. The molecule has 0 aromatic carbocycles. The van der Waals surface area contributed by atoms with Gasteiger partial charge in [-0.1, -0.05) is 0 Å². The topological polar surface area (TPSA) is 67.4 Å². The van der Waals surface area contributed by atoms with Crippen molar-refractivity contribution in [2.45, 2.75) is 37.8 Å². The van der Waals surface area contributed by atoms with Crippen LogP contribution in [0.1, 0.15) is 25.7 Å². The molecule has 2 aliphatic rings. The SMILES string of the molecule is O=C1CCC(NC(=O)[C@H]2CCCO2)CN1. The first-order valence-electron chi connectivity index (χ1n) is 5.44. The molecule has 15 heavy (non-hydrogen) atoms. The molecule has 0 aromatic rings. The van der Waals surface area contributed by atoms with Crippen LogP contribution in [0, 0.1) is 0 Å². The van der Waals surface area contributed by atoms with Crippen molar-refractivity contribution >= 4 is 11.8 Å². The zero-order valence-corrected chi connectivity index (χ0v) is 8.62. The molecular formula is C10H16N2O3. The zero-order valence-electron chi connectivity index (χ0n) is 8.62. The number of rotatable bonds is 2. The molecule has 2 fully saturated rings. The summed E-state index contributed by atoms with van der Waals surface area (Å²) in [7, 11) is 0. The molecule has 0 spiro atoms. The van der Waals surface area contributed by atoms with Crippen LogP contribution >= 0.6 is 0 Å². The van der Waals surface area contributed by atoms with Crippen molar-refractivity contribution in [2.75, 3.05) is 13.2 Å². The van der Waals surface area contributed by atoms with Gasteiger partial charge in [0, 0.05) is 25.6 Å². The van der Waals surface area contributed by atoms with Crippen molar-refractivity contribution < 1.29 is 14.3 Å².